The van der Waals surface area contributed by atoms with Crippen LogP contribution in [-0.2, 0) is 10.2 Å². The van der Waals surface area contributed by atoms with E-state index in [1.807, 2.05) is 11.0 Å². The van der Waals surface area contributed by atoms with Gasteiger partial charge in [0, 0.05) is 18.4 Å². The Morgan fingerprint density at radius 3 is 2.73 bits per heavy atom. The Morgan fingerprint density at radius 1 is 1.18 bits per heavy atom. The van der Waals surface area contributed by atoms with Crippen LogP contribution in [0, 0.1) is 0 Å². The lowest BCUT2D eigenvalue weighted by molar-refractivity contribution is -0.139. The van der Waals surface area contributed by atoms with E-state index in [-0.39, 0.29) is 17.4 Å². The van der Waals surface area contributed by atoms with Crippen LogP contribution in [0.4, 0.5) is 0 Å². The standard InChI is InChI=1S/C18H24N2O2/c21-15-7-3-4-12-20(15)16-13-5-1-2-6-14(13)18(17(16)22)8-10-19-11-9-18/h1-2,5-6,16-17,19,22H,3-4,7-12H2/t16-,17+/m1/s1. The van der Waals surface area contributed by atoms with Gasteiger partial charge in [-0.3, -0.25) is 4.79 Å². The minimum Gasteiger partial charge on any atom is -0.390 e. The summed E-state index contributed by atoms with van der Waals surface area (Å²) in [6.45, 7) is 2.65. The molecule has 2 aliphatic heterocycles. The Kier molecular flexibility index (Phi) is 3.46. The molecule has 0 aromatic heterocycles. The van der Waals surface area contributed by atoms with E-state index in [1.54, 1.807) is 0 Å². The molecule has 4 heteroatoms. The minimum absolute atomic E-state index is 0.151. The van der Waals surface area contributed by atoms with Gasteiger partial charge in [-0.05, 0) is 49.9 Å². The highest BCUT2D eigenvalue weighted by molar-refractivity contribution is 5.78. The maximum Gasteiger partial charge on any atom is 0.223 e. The monoisotopic (exact) mass is 300 g/mol. The lowest BCUT2D eigenvalue weighted by Crippen LogP contribution is -2.50. The summed E-state index contributed by atoms with van der Waals surface area (Å²) in [7, 11) is 0. The quantitative estimate of drug-likeness (QED) is 0.830. The van der Waals surface area contributed by atoms with E-state index in [0.717, 1.165) is 45.3 Å². The van der Waals surface area contributed by atoms with Gasteiger partial charge in [-0.15, -0.1) is 0 Å². The average Bonchev–Trinajstić information content (AvgIpc) is 2.79. The van der Waals surface area contributed by atoms with Crippen LogP contribution in [0.5, 0.6) is 0 Å². The van der Waals surface area contributed by atoms with E-state index in [1.165, 1.54) is 11.1 Å². The highest BCUT2D eigenvalue weighted by Gasteiger charge is 2.54. The molecule has 0 bridgehead atoms. The minimum atomic E-state index is -0.478. The zero-order valence-electron chi connectivity index (χ0n) is 12.9. The second-order valence-electron chi connectivity index (χ2n) is 6.93. The number of amides is 1. The van der Waals surface area contributed by atoms with Crippen LogP contribution < -0.4 is 5.32 Å². The molecule has 2 saturated heterocycles. The van der Waals surface area contributed by atoms with E-state index in [4.69, 9.17) is 0 Å². The summed E-state index contributed by atoms with van der Waals surface area (Å²) in [4.78, 5) is 14.4. The largest absolute Gasteiger partial charge is 0.390 e. The molecule has 2 atom stereocenters. The van der Waals surface area contributed by atoms with Gasteiger partial charge in [0.2, 0.25) is 5.91 Å². The molecule has 1 amide bonds. The molecule has 4 rings (SSSR count). The Morgan fingerprint density at radius 2 is 1.95 bits per heavy atom. The maximum absolute atomic E-state index is 12.4. The van der Waals surface area contributed by atoms with Crippen LogP contribution in [0.1, 0.15) is 49.3 Å². The number of aliphatic hydroxyl groups is 1. The number of aliphatic hydroxyl groups excluding tert-OH is 1. The SMILES string of the molecule is O=C1CCCCN1[C@@H]1c2ccccc2C2(CCNCC2)[C@H]1O. The van der Waals surface area contributed by atoms with Gasteiger partial charge in [-0.2, -0.15) is 0 Å². The molecular formula is C18H24N2O2. The number of rotatable bonds is 1. The summed E-state index contributed by atoms with van der Waals surface area (Å²) in [6.07, 6.45) is 4.07. The number of nitrogens with zero attached hydrogens (tertiary/aromatic N) is 1. The van der Waals surface area contributed by atoms with E-state index in [0.29, 0.717) is 6.42 Å². The average molecular weight is 300 g/mol. The third-order valence-electron chi connectivity index (χ3n) is 5.87. The lowest BCUT2D eigenvalue weighted by atomic mass is 9.72. The first-order valence-electron chi connectivity index (χ1n) is 8.52. The van der Waals surface area contributed by atoms with Gasteiger partial charge < -0.3 is 15.3 Å². The van der Waals surface area contributed by atoms with Crippen molar-refractivity contribution in [1.82, 2.24) is 10.2 Å². The molecular weight excluding hydrogens is 276 g/mol. The fourth-order valence-electron chi connectivity index (χ4n) is 4.74. The van der Waals surface area contributed by atoms with Crippen LogP contribution in [0.3, 0.4) is 0 Å². The van der Waals surface area contributed by atoms with Gasteiger partial charge in [0.15, 0.2) is 0 Å². The first-order chi connectivity index (χ1) is 10.7. The zero-order chi connectivity index (χ0) is 15.2. The number of hydrogen-bond donors (Lipinski definition) is 2. The first-order valence-corrected chi connectivity index (χ1v) is 8.52. The Hall–Kier alpha value is -1.39. The maximum atomic E-state index is 12.4. The third-order valence-corrected chi connectivity index (χ3v) is 5.87. The normalized spacial score (nSPS) is 30.6. The van der Waals surface area contributed by atoms with Crippen LogP contribution >= 0.6 is 0 Å². The van der Waals surface area contributed by atoms with E-state index in [2.05, 4.69) is 23.5 Å². The van der Waals surface area contributed by atoms with Gasteiger partial charge in [0.25, 0.3) is 0 Å². The van der Waals surface area contributed by atoms with Crippen molar-refractivity contribution in [3.05, 3.63) is 35.4 Å². The fraction of sp³-hybridized carbons (Fsp3) is 0.611. The molecule has 2 heterocycles. The van der Waals surface area contributed by atoms with Crippen molar-refractivity contribution < 1.29 is 9.90 Å². The van der Waals surface area contributed by atoms with Crippen molar-refractivity contribution in [1.29, 1.82) is 0 Å². The van der Waals surface area contributed by atoms with Crippen LogP contribution in [0.2, 0.25) is 0 Å². The Bertz CT molecular complexity index is 580. The van der Waals surface area contributed by atoms with Crippen molar-refractivity contribution in [3.8, 4) is 0 Å². The van der Waals surface area contributed by atoms with Crippen LogP contribution in [0.15, 0.2) is 24.3 Å². The van der Waals surface area contributed by atoms with Crippen molar-refractivity contribution in [2.24, 2.45) is 0 Å². The second kappa shape index (κ2) is 5.36. The first kappa shape index (κ1) is 14.2. The number of carbonyl (C=O) groups is 1. The number of hydrogen-bond acceptors (Lipinski definition) is 3. The number of fused-ring (bicyclic) bond motifs is 2. The highest BCUT2D eigenvalue weighted by Crippen LogP contribution is 2.52. The zero-order valence-corrected chi connectivity index (χ0v) is 12.9. The smallest absolute Gasteiger partial charge is 0.223 e. The van der Waals surface area contributed by atoms with Crippen molar-refractivity contribution in [2.45, 2.75) is 49.7 Å². The van der Waals surface area contributed by atoms with Gasteiger partial charge in [0.05, 0.1) is 12.1 Å². The summed E-state index contributed by atoms with van der Waals surface area (Å²) < 4.78 is 0. The lowest BCUT2D eigenvalue weighted by Gasteiger charge is -2.41. The van der Waals surface area contributed by atoms with Crippen LogP contribution in [0.25, 0.3) is 0 Å². The van der Waals surface area contributed by atoms with E-state index < -0.39 is 6.10 Å². The molecule has 0 saturated carbocycles. The second-order valence-corrected chi connectivity index (χ2v) is 6.93. The molecule has 2 N–H and O–H groups in total. The van der Waals surface area contributed by atoms with Crippen molar-refractivity contribution >= 4 is 5.91 Å². The van der Waals surface area contributed by atoms with Crippen molar-refractivity contribution in [2.75, 3.05) is 19.6 Å². The van der Waals surface area contributed by atoms with E-state index >= 15 is 0 Å². The van der Waals surface area contributed by atoms with Gasteiger partial charge >= 0.3 is 0 Å². The summed E-state index contributed by atoms with van der Waals surface area (Å²) in [6, 6.07) is 8.23. The van der Waals surface area contributed by atoms with E-state index in [9.17, 15) is 9.90 Å². The molecule has 1 aromatic rings. The van der Waals surface area contributed by atoms with Gasteiger partial charge in [0.1, 0.15) is 0 Å². The predicted molar refractivity (Wildman–Crippen MR) is 84.5 cm³/mol. The molecule has 22 heavy (non-hydrogen) atoms. The number of carbonyl (C=O) groups excluding carboxylic acids is 1. The Balaban J connectivity index is 1.78. The molecule has 1 spiro atoms. The summed E-state index contributed by atoms with van der Waals surface area (Å²) in [5.74, 6) is 0.205. The number of likely N-dealkylation sites (tertiary alicyclic amines) is 1. The Labute approximate surface area is 131 Å². The summed E-state index contributed by atoms with van der Waals surface area (Å²) >= 11 is 0. The third kappa shape index (κ3) is 1.94. The molecule has 1 aromatic carbocycles. The van der Waals surface area contributed by atoms with Crippen LogP contribution in [-0.4, -0.2) is 41.7 Å². The molecule has 2 fully saturated rings. The molecule has 3 aliphatic rings. The molecule has 0 radical (unpaired) electrons. The number of piperidine rings is 2. The molecule has 4 nitrogen and oxygen atoms in total. The number of benzene rings is 1. The molecule has 118 valence electrons. The van der Waals surface area contributed by atoms with Gasteiger partial charge in [-0.25, -0.2) is 0 Å². The molecule has 1 aliphatic carbocycles. The summed E-state index contributed by atoms with van der Waals surface area (Å²) in [5, 5.41) is 14.6. The fourth-order valence-corrected chi connectivity index (χ4v) is 4.74. The highest BCUT2D eigenvalue weighted by atomic mass is 16.3. The van der Waals surface area contributed by atoms with Crippen molar-refractivity contribution in [3.63, 3.8) is 0 Å². The molecule has 0 unspecified atom stereocenters. The topological polar surface area (TPSA) is 52.6 Å². The number of nitrogens with one attached hydrogen (secondary N) is 1. The predicted octanol–water partition coefficient (Wildman–Crippen LogP) is 1.74. The van der Waals surface area contributed by atoms with Gasteiger partial charge in [-0.1, -0.05) is 24.3 Å². The summed E-state index contributed by atoms with van der Waals surface area (Å²) in [5.41, 5.74) is 2.27.